The number of aliphatic hydroxyl groups is 1. The van der Waals surface area contributed by atoms with Crippen molar-refractivity contribution in [2.45, 2.75) is 30.4 Å². The number of thioether (sulfide) groups is 1. The third-order valence-electron chi connectivity index (χ3n) is 4.83. The Morgan fingerprint density at radius 2 is 2.25 bits per heavy atom. The Hall–Kier alpha value is -1.97. The van der Waals surface area contributed by atoms with Gasteiger partial charge in [0, 0.05) is 17.3 Å². The van der Waals surface area contributed by atoms with Gasteiger partial charge >= 0.3 is 29.6 Å². The topological polar surface area (TPSA) is 183 Å². The molecule has 0 bridgehead atoms. The number of aliphatic hydroxyl groups excluding tert-OH is 1. The van der Waals surface area contributed by atoms with Gasteiger partial charge in [-0.3, -0.25) is 14.5 Å². The van der Waals surface area contributed by atoms with Crippen LogP contribution in [-0.2, 0) is 19.2 Å². The molecule has 0 saturated carbocycles. The van der Waals surface area contributed by atoms with Gasteiger partial charge in [-0.1, -0.05) is 11.2 Å². The fourth-order valence-electron chi connectivity index (χ4n) is 3.33. The largest absolute Gasteiger partial charge is 1.00 e. The number of carbonyl (C=O) groups is 3. The van der Waals surface area contributed by atoms with E-state index in [0.29, 0.717) is 6.42 Å². The van der Waals surface area contributed by atoms with Crippen molar-refractivity contribution in [2.24, 2.45) is 5.16 Å². The van der Waals surface area contributed by atoms with Crippen LogP contribution in [0.5, 0.6) is 0 Å². The number of nitrogens with one attached hydrogen (secondary N) is 1. The zero-order valence-corrected chi connectivity index (χ0v) is 20.5. The maximum absolute atomic E-state index is 12.9. The first-order chi connectivity index (χ1) is 14.9. The Kier molecular flexibility index (Phi) is 7.95. The molecule has 0 radical (unpaired) electrons. The summed E-state index contributed by atoms with van der Waals surface area (Å²) in [5, 5.41) is 26.7. The normalized spacial score (nSPS) is 24.5. The number of nitrogens with two attached hydrogens (primary N) is 1. The molecular weight excluding hydrogens is 471 g/mol. The number of carboxylic acids is 1. The second-order valence-electron chi connectivity index (χ2n) is 6.80. The Labute approximate surface area is 212 Å². The summed E-state index contributed by atoms with van der Waals surface area (Å²) < 4.78 is 3.98. The molecule has 3 aliphatic rings. The Morgan fingerprint density at radius 1 is 1.47 bits per heavy atom. The summed E-state index contributed by atoms with van der Waals surface area (Å²) in [4.78, 5) is 47.3. The molecule has 12 nitrogen and oxygen atoms in total. The number of amides is 2. The molecule has 15 heteroatoms. The van der Waals surface area contributed by atoms with E-state index >= 15 is 0 Å². The fourth-order valence-corrected chi connectivity index (χ4v) is 5.10. The number of anilines is 1. The minimum atomic E-state index is -1.56. The molecule has 2 amide bonds. The number of rotatable bonds is 7. The van der Waals surface area contributed by atoms with Crippen molar-refractivity contribution in [3.05, 3.63) is 29.2 Å². The molecule has 4 N–H and O–H groups in total. The summed E-state index contributed by atoms with van der Waals surface area (Å²) in [6, 6.07) is -1.00. The van der Waals surface area contributed by atoms with Gasteiger partial charge in [-0.2, -0.15) is 9.36 Å². The van der Waals surface area contributed by atoms with Crippen LogP contribution in [0.4, 0.5) is 5.13 Å². The van der Waals surface area contributed by atoms with Crippen LogP contribution in [0.1, 0.15) is 18.7 Å². The predicted molar refractivity (Wildman–Crippen MR) is 108 cm³/mol. The first-order valence-electron chi connectivity index (χ1n) is 9.20. The van der Waals surface area contributed by atoms with E-state index in [0.717, 1.165) is 22.9 Å². The summed E-state index contributed by atoms with van der Waals surface area (Å²) in [6.45, 7) is -0.509. The maximum atomic E-state index is 12.9. The molecule has 1 unspecified atom stereocenters. The van der Waals surface area contributed by atoms with Gasteiger partial charge < -0.3 is 30.9 Å². The van der Waals surface area contributed by atoms with Crippen molar-refractivity contribution in [1.82, 2.24) is 19.6 Å². The van der Waals surface area contributed by atoms with Gasteiger partial charge in [0.1, 0.15) is 17.5 Å². The fraction of sp³-hybridized carbons (Fsp3) is 0.412. The molecule has 0 aromatic carbocycles. The van der Waals surface area contributed by atoms with Crippen LogP contribution in [0, 0.1) is 0 Å². The average Bonchev–Trinajstić information content (AvgIpc) is 3.42. The van der Waals surface area contributed by atoms with Crippen LogP contribution in [0.25, 0.3) is 0 Å². The zero-order valence-electron chi connectivity index (χ0n) is 16.9. The van der Waals surface area contributed by atoms with Gasteiger partial charge in [0.15, 0.2) is 5.13 Å². The monoisotopic (exact) mass is 488 g/mol. The number of hydrogen-bond acceptors (Lipinski definition) is 12. The Bertz CT molecular complexity index is 1030. The first kappa shape index (κ1) is 24.7. The molecule has 1 saturated heterocycles. The smallest absolute Gasteiger partial charge is 0.543 e. The van der Waals surface area contributed by atoms with Gasteiger partial charge in [-0.25, -0.2) is 0 Å². The molecule has 1 aliphatic carbocycles. The van der Waals surface area contributed by atoms with E-state index in [1.165, 1.54) is 11.8 Å². The molecule has 3 heterocycles. The third kappa shape index (κ3) is 4.70. The van der Waals surface area contributed by atoms with E-state index in [-0.39, 0.29) is 69.4 Å². The summed E-state index contributed by atoms with van der Waals surface area (Å²) in [5.41, 5.74) is 5.19. The van der Waals surface area contributed by atoms with E-state index in [9.17, 15) is 24.6 Å². The Balaban J connectivity index is 0.00000289. The Morgan fingerprint density at radius 3 is 2.84 bits per heavy atom. The number of allylic oxidation sites excluding steroid dienone is 1. The number of hydrogen-bond donors (Lipinski definition) is 3. The summed E-state index contributed by atoms with van der Waals surface area (Å²) in [5.74, 6) is -2.82. The van der Waals surface area contributed by atoms with Crippen LogP contribution >= 0.6 is 23.3 Å². The predicted octanol–water partition coefficient (Wildman–Crippen LogP) is -5.04. The number of nitrogens with zero attached hydrogens (tertiary/aromatic N) is 4. The molecule has 1 aromatic rings. The number of aliphatic carboxylic acids is 1. The quantitative estimate of drug-likeness (QED) is 0.110. The van der Waals surface area contributed by atoms with Gasteiger partial charge in [0.25, 0.3) is 11.8 Å². The summed E-state index contributed by atoms with van der Waals surface area (Å²) in [6.07, 6.45) is 5.01. The van der Waals surface area contributed by atoms with E-state index in [2.05, 4.69) is 19.8 Å². The van der Waals surface area contributed by atoms with Gasteiger partial charge in [-0.15, -0.1) is 11.8 Å². The van der Waals surface area contributed by atoms with Crippen LogP contribution in [-0.4, -0.2) is 72.7 Å². The SMILES string of the molecule is Nc1nc(/C(=N/OC2C=CCC2)C(=O)N[C@@H]2C(=O)N3C(C(=O)[O-])=C(CO)CS[C@H]23)ns1.[Na+]. The second-order valence-corrected chi connectivity index (χ2v) is 8.69. The minimum Gasteiger partial charge on any atom is -0.543 e. The standard InChI is InChI=1S/C17H18N6O6S2.Na/c18-17-20-12(22-31-17)9(21-29-8-3-1-2-4-8)13(25)19-10-14(26)23-11(16(27)28)7(5-24)6-30-15(10)23;/h1,3,8,10,15,24H,2,4-6H2,(H,19,25)(H,27,28)(H2,18,20,22);/q;+1/p-1/b21-9-;/t8?,10-,15-;/m1./s1. The summed E-state index contributed by atoms with van der Waals surface area (Å²) in [7, 11) is 0. The molecule has 0 spiro atoms. The molecule has 4 rings (SSSR count). The van der Waals surface area contributed by atoms with E-state index < -0.39 is 35.8 Å². The molecule has 2 aliphatic heterocycles. The van der Waals surface area contributed by atoms with E-state index in [1.54, 1.807) is 0 Å². The van der Waals surface area contributed by atoms with Crippen LogP contribution in [0.15, 0.2) is 28.6 Å². The maximum Gasteiger partial charge on any atom is 1.00 e. The number of carbonyl (C=O) groups excluding carboxylic acids is 3. The minimum absolute atomic E-state index is 0. The number of β-lactam (4-membered cyclic amide) rings is 1. The number of carboxylic acid groups (broad SMARTS) is 1. The molecule has 32 heavy (non-hydrogen) atoms. The first-order valence-corrected chi connectivity index (χ1v) is 11.0. The van der Waals surface area contributed by atoms with Gasteiger partial charge in [0.05, 0.1) is 18.3 Å². The molecule has 1 aromatic heterocycles. The van der Waals surface area contributed by atoms with E-state index in [1.807, 2.05) is 12.2 Å². The van der Waals surface area contributed by atoms with Crippen LogP contribution in [0.2, 0.25) is 0 Å². The molecule has 1 fully saturated rings. The van der Waals surface area contributed by atoms with Crippen LogP contribution in [0.3, 0.4) is 0 Å². The number of oxime groups is 1. The third-order valence-corrected chi connectivity index (χ3v) is 6.72. The zero-order chi connectivity index (χ0) is 22.1. The average molecular weight is 488 g/mol. The molecular formula is C17H17N6NaO6S2. The number of nitrogen functional groups attached to an aromatic ring is 1. The van der Waals surface area contributed by atoms with Crippen LogP contribution < -0.4 is 45.7 Å². The van der Waals surface area contributed by atoms with Crippen molar-refractivity contribution in [1.29, 1.82) is 0 Å². The van der Waals surface area contributed by atoms with Crippen molar-refractivity contribution >= 4 is 51.9 Å². The number of aromatic nitrogens is 2. The van der Waals surface area contributed by atoms with Crippen molar-refractivity contribution < 1.29 is 59.0 Å². The molecule has 164 valence electrons. The van der Waals surface area contributed by atoms with E-state index in [4.69, 9.17) is 10.6 Å². The van der Waals surface area contributed by atoms with Crippen molar-refractivity contribution in [3.8, 4) is 0 Å². The van der Waals surface area contributed by atoms with Crippen molar-refractivity contribution in [3.63, 3.8) is 0 Å². The number of fused-ring (bicyclic) bond motifs is 1. The van der Waals surface area contributed by atoms with Gasteiger partial charge in [-0.05, 0) is 24.5 Å². The summed E-state index contributed by atoms with van der Waals surface area (Å²) >= 11 is 2.09. The van der Waals surface area contributed by atoms with Gasteiger partial charge in [0.2, 0.25) is 11.5 Å². The van der Waals surface area contributed by atoms with Crippen molar-refractivity contribution in [2.75, 3.05) is 18.1 Å². The molecule has 3 atom stereocenters. The second kappa shape index (κ2) is 10.3.